The molecule has 0 amide bonds. The Hall–Kier alpha value is 0.714. The quantitative estimate of drug-likeness (QED) is 0.342. The Labute approximate surface area is 59.2 Å². The third kappa shape index (κ3) is 127. The van der Waals surface area contributed by atoms with E-state index in [1.54, 1.807) is 0 Å². The standard InChI is InChI=1S/5CH3.Ti/h5*1H3;/q5*-1;. The molecule has 0 N–H and O–H groups in total. The monoisotopic (exact) mass is 123 g/mol. The van der Waals surface area contributed by atoms with Gasteiger partial charge in [0.2, 0.25) is 0 Å². The van der Waals surface area contributed by atoms with Gasteiger partial charge in [-0.2, -0.15) is 0 Å². The predicted molar refractivity (Wildman–Crippen MR) is 32.1 cm³/mol. The maximum absolute atomic E-state index is 0. The molecule has 0 aliphatic rings. The molecule has 0 aromatic carbocycles. The normalized spacial score (nSPS) is 0. The van der Waals surface area contributed by atoms with E-state index in [0.29, 0.717) is 0 Å². The fourth-order valence-electron chi connectivity index (χ4n) is 0. The summed E-state index contributed by atoms with van der Waals surface area (Å²) in [5.74, 6) is 0. The van der Waals surface area contributed by atoms with Crippen molar-refractivity contribution in [1.29, 1.82) is 0 Å². The summed E-state index contributed by atoms with van der Waals surface area (Å²) in [6, 6.07) is 0. The summed E-state index contributed by atoms with van der Waals surface area (Å²) in [5.41, 5.74) is 0. The first-order chi connectivity index (χ1) is 0. The van der Waals surface area contributed by atoms with Gasteiger partial charge in [-0.1, -0.05) is 0 Å². The van der Waals surface area contributed by atoms with Crippen LogP contribution in [-0.4, -0.2) is 0 Å². The van der Waals surface area contributed by atoms with Gasteiger partial charge in [-0.3, -0.25) is 0 Å². The molecule has 0 bridgehead atoms. The van der Waals surface area contributed by atoms with E-state index in [9.17, 15) is 0 Å². The summed E-state index contributed by atoms with van der Waals surface area (Å²) in [6.07, 6.45) is 0. The van der Waals surface area contributed by atoms with Gasteiger partial charge >= 0.3 is 0 Å². The topological polar surface area (TPSA) is 0 Å². The van der Waals surface area contributed by atoms with E-state index in [-0.39, 0.29) is 58.9 Å². The third-order valence-electron chi connectivity index (χ3n) is 0. The zero-order valence-corrected chi connectivity index (χ0v) is 7.06. The summed E-state index contributed by atoms with van der Waals surface area (Å²) in [6.45, 7) is 0. The average molecular weight is 123 g/mol. The Morgan fingerprint density at radius 1 is 0.333 bits per heavy atom. The molecule has 0 saturated carbocycles. The SMILES string of the molecule is [CH3-].[CH3-].[CH3-].[CH3-].[CH3-].[Ti]. The van der Waals surface area contributed by atoms with Crippen LogP contribution in [0.4, 0.5) is 0 Å². The van der Waals surface area contributed by atoms with Crippen molar-refractivity contribution in [3.05, 3.63) is 37.1 Å². The summed E-state index contributed by atoms with van der Waals surface area (Å²) in [7, 11) is 0. The van der Waals surface area contributed by atoms with Crippen LogP contribution < -0.4 is 0 Å². The van der Waals surface area contributed by atoms with E-state index in [1.807, 2.05) is 0 Å². The maximum atomic E-state index is 0. The molecule has 6 heavy (non-hydrogen) atoms. The van der Waals surface area contributed by atoms with E-state index in [4.69, 9.17) is 0 Å². The largest absolute Gasteiger partial charge is 0.358 e. The van der Waals surface area contributed by atoms with Crippen LogP contribution in [0.1, 0.15) is 0 Å². The van der Waals surface area contributed by atoms with Crippen molar-refractivity contribution in [3.8, 4) is 0 Å². The van der Waals surface area contributed by atoms with Gasteiger partial charge in [0, 0.05) is 21.7 Å². The smallest absolute Gasteiger partial charge is 0 e. The van der Waals surface area contributed by atoms with Crippen LogP contribution >= 0.6 is 0 Å². The van der Waals surface area contributed by atoms with Crippen LogP contribution in [0.5, 0.6) is 0 Å². The van der Waals surface area contributed by atoms with Gasteiger partial charge in [0.15, 0.2) is 0 Å². The maximum Gasteiger partial charge on any atom is 0 e. The Balaban J connectivity index is 0. The van der Waals surface area contributed by atoms with Crippen LogP contribution in [-0.2, 0) is 21.7 Å². The van der Waals surface area contributed by atoms with Gasteiger partial charge in [-0.15, -0.1) is 0 Å². The molecule has 0 aromatic rings. The minimum absolute atomic E-state index is 0. The molecule has 44 valence electrons. The van der Waals surface area contributed by atoms with Crippen molar-refractivity contribution >= 4 is 0 Å². The van der Waals surface area contributed by atoms with Crippen LogP contribution in [0.2, 0.25) is 0 Å². The predicted octanol–water partition coefficient (Wildman–Crippen LogP) is 2.25. The molecule has 0 heterocycles. The van der Waals surface area contributed by atoms with Gasteiger partial charge in [0.1, 0.15) is 0 Å². The van der Waals surface area contributed by atoms with Crippen LogP contribution in [0.25, 0.3) is 0 Å². The Morgan fingerprint density at radius 2 is 0.333 bits per heavy atom. The fourth-order valence-corrected chi connectivity index (χ4v) is 0. The summed E-state index contributed by atoms with van der Waals surface area (Å²) in [4.78, 5) is 0. The molecule has 0 atom stereocenters. The van der Waals surface area contributed by atoms with Crippen LogP contribution in [0, 0.1) is 37.1 Å². The number of hydrogen-bond acceptors (Lipinski definition) is 0. The van der Waals surface area contributed by atoms with E-state index < -0.39 is 0 Å². The molecule has 0 saturated heterocycles. The van der Waals surface area contributed by atoms with Gasteiger partial charge in [-0.25, -0.2) is 0 Å². The molecular formula is C5H15Ti-5. The van der Waals surface area contributed by atoms with Crippen molar-refractivity contribution in [1.82, 2.24) is 0 Å². The Morgan fingerprint density at radius 3 is 0.333 bits per heavy atom. The van der Waals surface area contributed by atoms with Gasteiger partial charge in [0.25, 0.3) is 0 Å². The molecular weight excluding hydrogens is 108 g/mol. The molecule has 1 heteroatoms. The third-order valence-corrected chi connectivity index (χ3v) is 0. The van der Waals surface area contributed by atoms with Crippen molar-refractivity contribution in [3.63, 3.8) is 0 Å². The van der Waals surface area contributed by atoms with Gasteiger partial charge in [-0.05, 0) is 0 Å². The molecule has 0 nitrogen and oxygen atoms in total. The van der Waals surface area contributed by atoms with Crippen LogP contribution in [0.15, 0.2) is 0 Å². The second kappa shape index (κ2) is 249. The molecule has 0 fully saturated rings. The molecule has 0 aliphatic heterocycles. The first-order valence-corrected chi connectivity index (χ1v) is 0. The first kappa shape index (κ1) is 430. The van der Waals surface area contributed by atoms with Crippen molar-refractivity contribution in [2.24, 2.45) is 0 Å². The minimum atomic E-state index is 0. The first-order valence-electron chi connectivity index (χ1n) is 0. The average Bonchev–Trinajstić information content (AvgIpc) is 0. The number of rotatable bonds is 0. The molecule has 0 rings (SSSR count). The van der Waals surface area contributed by atoms with Crippen molar-refractivity contribution in [2.45, 2.75) is 0 Å². The summed E-state index contributed by atoms with van der Waals surface area (Å²) < 4.78 is 0. The molecule has 0 aliphatic carbocycles. The van der Waals surface area contributed by atoms with E-state index in [0.717, 1.165) is 0 Å². The second-order valence-electron chi connectivity index (χ2n) is 0. The van der Waals surface area contributed by atoms with E-state index >= 15 is 0 Å². The minimum Gasteiger partial charge on any atom is -0.358 e. The Bertz CT molecular complexity index is 3.90. The van der Waals surface area contributed by atoms with Crippen LogP contribution in [0.3, 0.4) is 0 Å². The molecule has 0 radical (unpaired) electrons. The van der Waals surface area contributed by atoms with E-state index in [1.165, 1.54) is 0 Å². The fraction of sp³-hybridized carbons (Fsp3) is 0. The molecule has 0 unspecified atom stereocenters. The zero-order valence-electron chi connectivity index (χ0n) is 5.50. The van der Waals surface area contributed by atoms with Gasteiger partial charge < -0.3 is 37.1 Å². The summed E-state index contributed by atoms with van der Waals surface area (Å²) in [5, 5.41) is 0. The molecule has 0 spiro atoms. The number of hydrogen-bond donors (Lipinski definition) is 0. The van der Waals surface area contributed by atoms with Gasteiger partial charge in [0.05, 0.1) is 0 Å². The summed E-state index contributed by atoms with van der Waals surface area (Å²) >= 11 is 0. The zero-order chi connectivity index (χ0) is 0. The van der Waals surface area contributed by atoms with Crippen molar-refractivity contribution < 1.29 is 21.7 Å². The Kier molecular flexibility index (Phi) is 17800. The second-order valence-corrected chi connectivity index (χ2v) is 0. The van der Waals surface area contributed by atoms with E-state index in [2.05, 4.69) is 0 Å². The molecule has 0 aromatic heterocycles. The van der Waals surface area contributed by atoms with Crippen molar-refractivity contribution in [2.75, 3.05) is 0 Å².